The van der Waals surface area contributed by atoms with E-state index in [2.05, 4.69) is 5.32 Å². The van der Waals surface area contributed by atoms with Crippen LogP contribution in [0.3, 0.4) is 0 Å². The van der Waals surface area contributed by atoms with E-state index in [0.29, 0.717) is 29.0 Å². The maximum Gasteiger partial charge on any atom is 0.338 e. The second-order valence-corrected chi connectivity index (χ2v) is 8.91. The Morgan fingerprint density at radius 3 is 2.03 bits per heavy atom. The highest BCUT2D eigenvalue weighted by molar-refractivity contribution is 7.85. The summed E-state index contributed by atoms with van der Waals surface area (Å²) in [6.07, 6.45) is 3.85. The van der Waals surface area contributed by atoms with Gasteiger partial charge < -0.3 is 25.4 Å². The van der Waals surface area contributed by atoms with Crippen molar-refractivity contribution in [3.05, 3.63) is 54.1 Å². The van der Waals surface area contributed by atoms with Crippen molar-refractivity contribution in [1.29, 1.82) is 5.41 Å². The maximum absolute atomic E-state index is 12.2. The number of nitrogens with one attached hydrogen (secondary N) is 2. The van der Waals surface area contributed by atoms with Gasteiger partial charge in [0.1, 0.15) is 11.5 Å². The van der Waals surface area contributed by atoms with E-state index in [1.165, 1.54) is 0 Å². The van der Waals surface area contributed by atoms with Gasteiger partial charge in [-0.3, -0.25) is 14.8 Å². The average molecular weight is 493 g/mol. The maximum atomic E-state index is 12.2. The summed E-state index contributed by atoms with van der Waals surface area (Å²) in [7, 11) is -3.67. The first-order valence-corrected chi connectivity index (χ1v) is 12.2. The van der Waals surface area contributed by atoms with Gasteiger partial charge in [0.2, 0.25) is 0 Å². The molecule has 11 nitrogen and oxygen atoms in total. The molecule has 2 aromatic rings. The molecule has 0 radical (unpaired) electrons. The van der Waals surface area contributed by atoms with E-state index >= 15 is 0 Å². The van der Waals surface area contributed by atoms with Crippen LogP contribution in [-0.2, 0) is 19.6 Å². The van der Waals surface area contributed by atoms with Gasteiger partial charge >= 0.3 is 5.97 Å². The number of ether oxygens (including phenoxy) is 2. The summed E-state index contributed by atoms with van der Waals surface area (Å²) >= 11 is 0. The summed E-state index contributed by atoms with van der Waals surface area (Å²) in [5, 5.41) is 9.89. The van der Waals surface area contributed by atoms with Gasteiger partial charge in [-0.25, -0.2) is 4.79 Å². The zero-order valence-electron chi connectivity index (χ0n) is 18.7. The molecule has 2 aromatic carbocycles. The van der Waals surface area contributed by atoms with Crippen LogP contribution in [0.1, 0.15) is 29.6 Å². The number of esters is 1. The minimum absolute atomic E-state index is 0.140. The van der Waals surface area contributed by atoms with Gasteiger partial charge in [0, 0.05) is 18.8 Å². The third-order valence-electron chi connectivity index (χ3n) is 4.49. The molecular weight excluding hydrogens is 464 g/mol. The number of benzene rings is 2. The van der Waals surface area contributed by atoms with E-state index < -0.39 is 16.1 Å². The van der Waals surface area contributed by atoms with Crippen LogP contribution in [-0.4, -0.2) is 61.7 Å². The fourth-order valence-electron chi connectivity index (χ4n) is 3.00. The lowest BCUT2D eigenvalue weighted by Crippen LogP contribution is -2.38. The summed E-state index contributed by atoms with van der Waals surface area (Å²) in [5.74, 6) is 0.320. The van der Waals surface area contributed by atoms with E-state index in [1.54, 1.807) is 53.4 Å². The molecule has 3 rings (SSSR count). The number of nitrogens with zero attached hydrogens (tertiary/aromatic N) is 1. The highest BCUT2D eigenvalue weighted by Crippen LogP contribution is 2.23. The van der Waals surface area contributed by atoms with Crippen LogP contribution in [0, 0.1) is 5.41 Å². The van der Waals surface area contributed by atoms with Crippen LogP contribution >= 0.6 is 0 Å². The largest absolute Gasteiger partial charge is 0.457 e. The molecule has 1 aliphatic heterocycles. The predicted molar refractivity (Wildman–Crippen MR) is 127 cm³/mol. The van der Waals surface area contributed by atoms with Gasteiger partial charge in [0.15, 0.2) is 12.6 Å². The number of carbonyl (C=O) groups excluding carboxylic acids is 2. The third kappa shape index (κ3) is 10.3. The molecule has 0 aromatic heterocycles. The quantitative estimate of drug-likeness (QED) is 0.204. The Kier molecular flexibility index (Phi) is 9.83. The van der Waals surface area contributed by atoms with Crippen molar-refractivity contribution in [3.8, 4) is 11.5 Å². The normalized spacial score (nSPS) is 13.2. The molecule has 1 heterocycles. The minimum atomic E-state index is -3.67. The van der Waals surface area contributed by atoms with Gasteiger partial charge in [-0.1, -0.05) is 0 Å². The second kappa shape index (κ2) is 12.6. The van der Waals surface area contributed by atoms with Gasteiger partial charge in [0.05, 0.1) is 11.8 Å². The smallest absolute Gasteiger partial charge is 0.338 e. The summed E-state index contributed by atoms with van der Waals surface area (Å²) in [5.41, 5.74) is 6.32. The molecule has 0 aliphatic carbocycles. The van der Waals surface area contributed by atoms with Crippen LogP contribution < -0.4 is 15.8 Å². The van der Waals surface area contributed by atoms with Gasteiger partial charge in [-0.05, 0) is 67.8 Å². The van der Waals surface area contributed by atoms with E-state index in [9.17, 15) is 18.0 Å². The lowest BCUT2D eigenvalue weighted by atomic mass is 10.1. The molecule has 0 atom stereocenters. The summed E-state index contributed by atoms with van der Waals surface area (Å²) in [6.45, 7) is 1.22. The number of guanidine groups is 1. The molecule has 1 amide bonds. The minimum Gasteiger partial charge on any atom is -0.457 e. The van der Waals surface area contributed by atoms with Crippen LogP contribution in [0.4, 0.5) is 5.69 Å². The van der Waals surface area contributed by atoms with Crippen molar-refractivity contribution < 1.29 is 32.0 Å². The number of amides is 1. The molecule has 5 N–H and O–H groups in total. The van der Waals surface area contributed by atoms with Crippen molar-refractivity contribution in [2.24, 2.45) is 5.73 Å². The van der Waals surface area contributed by atoms with Gasteiger partial charge in [-0.15, -0.1) is 0 Å². The third-order valence-corrected chi connectivity index (χ3v) is 4.49. The summed E-state index contributed by atoms with van der Waals surface area (Å²) < 4.78 is 36.7. The Bertz CT molecular complexity index is 1070. The number of anilines is 1. The number of hydrogen-bond acceptors (Lipinski definition) is 7. The number of likely N-dealkylation sites (tertiary alicyclic amines) is 1. The first kappa shape index (κ1) is 26.6. The lowest BCUT2D eigenvalue weighted by molar-refractivity contribution is -0.135. The van der Waals surface area contributed by atoms with E-state index in [1.807, 2.05) is 0 Å². The summed E-state index contributed by atoms with van der Waals surface area (Å²) in [4.78, 5) is 26.0. The highest BCUT2D eigenvalue weighted by atomic mass is 32.2. The highest BCUT2D eigenvalue weighted by Gasteiger charge is 2.18. The first-order chi connectivity index (χ1) is 16.0. The van der Waals surface area contributed by atoms with E-state index in [4.69, 9.17) is 25.2 Å². The number of hydrogen-bond donors (Lipinski definition) is 4. The Hall–Kier alpha value is -3.64. The van der Waals surface area contributed by atoms with Crippen molar-refractivity contribution in [3.63, 3.8) is 0 Å². The number of piperidine rings is 1. The average Bonchev–Trinajstić information content (AvgIpc) is 2.78. The van der Waals surface area contributed by atoms with Crippen LogP contribution in [0.5, 0.6) is 11.5 Å². The van der Waals surface area contributed by atoms with Crippen molar-refractivity contribution in [2.75, 3.05) is 31.3 Å². The fraction of sp³-hybridized carbons (Fsp3) is 0.318. The number of rotatable bonds is 6. The molecule has 1 saturated heterocycles. The molecule has 1 fully saturated rings. The van der Waals surface area contributed by atoms with Gasteiger partial charge in [0.25, 0.3) is 16.0 Å². The molecule has 34 heavy (non-hydrogen) atoms. The number of nitrogens with two attached hydrogens (primary N) is 1. The summed E-state index contributed by atoms with van der Waals surface area (Å²) in [6, 6.07) is 13.4. The lowest BCUT2D eigenvalue weighted by Gasteiger charge is -2.26. The predicted octanol–water partition coefficient (Wildman–Crippen LogP) is 2.46. The molecule has 1 aliphatic rings. The van der Waals surface area contributed by atoms with Crippen LogP contribution in [0.25, 0.3) is 0 Å². The molecule has 0 unspecified atom stereocenters. The molecule has 0 saturated carbocycles. The van der Waals surface area contributed by atoms with Gasteiger partial charge in [-0.2, -0.15) is 8.42 Å². The van der Waals surface area contributed by atoms with Crippen molar-refractivity contribution in [2.45, 2.75) is 19.3 Å². The fourth-order valence-corrected chi connectivity index (χ4v) is 3.00. The zero-order chi connectivity index (χ0) is 25.1. The molecule has 184 valence electrons. The van der Waals surface area contributed by atoms with E-state index in [-0.39, 0.29) is 18.5 Å². The Morgan fingerprint density at radius 1 is 1.03 bits per heavy atom. The van der Waals surface area contributed by atoms with Crippen molar-refractivity contribution in [1.82, 2.24) is 4.90 Å². The monoisotopic (exact) mass is 492 g/mol. The number of carbonyl (C=O) groups is 2. The topological polar surface area (TPSA) is 172 Å². The van der Waals surface area contributed by atoms with E-state index in [0.717, 1.165) is 32.4 Å². The second-order valence-electron chi connectivity index (χ2n) is 7.44. The first-order valence-electron chi connectivity index (χ1n) is 10.4. The van der Waals surface area contributed by atoms with Crippen LogP contribution in [0.2, 0.25) is 0 Å². The molecular formula is C22H28N4O7S. The van der Waals surface area contributed by atoms with Crippen molar-refractivity contribution >= 4 is 33.6 Å². The Morgan fingerprint density at radius 2 is 1.53 bits per heavy atom. The molecule has 0 bridgehead atoms. The SMILES string of the molecule is CS(=O)(=O)O.N=C(N)Nc1ccc(Oc2ccc(C(=O)OCC(=O)N3CCCCC3)cc2)cc1. The van der Waals surface area contributed by atoms with Crippen LogP contribution in [0.15, 0.2) is 48.5 Å². The Labute approximate surface area is 198 Å². The molecule has 0 spiro atoms. The zero-order valence-corrected chi connectivity index (χ0v) is 19.5. The standard InChI is InChI=1S/C21H24N4O4.CH4O3S/c22-21(23)24-16-6-10-18(11-7-16)29-17-8-4-15(5-9-17)20(27)28-14-19(26)25-12-2-1-3-13-25;1-5(2,3)4/h4-11H,1-3,12-14H2,(H4,22,23,24);1H3,(H,2,3,4). The molecule has 12 heteroatoms. The Balaban J connectivity index is 0.000000739.